The number of carbonyl (C=O) groups is 2. The van der Waals surface area contributed by atoms with Crippen molar-refractivity contribution in [1.82, 2.24) is 9.88 Å². The maximum atomic E-state index is 12.9. The second-order valence-electron chi connectivity index (χ2n) is 6.79. The molecule has 0 spiro atoms. The molecule has 1 aliphatic rings. The van der Waals surface area contributed by atoms with E-state index >= 15 is 0 Å². The van der Waals surface area contributed by atoms with E-state index in [0.717, 1.165) is 37.0 Å². The largest absolute Gasteiger partial charge is 0.376 e. The lowest BCUT2D eigenvalue weighted by molar-refractivity contribution is 0.0526. The summed E-state index contributed by atoms with van der Waals surface area (Å²) in [6, 6.07) is 9.06. The molecular weight excluding hydrogens is 342 g/mol. The monoisotopic (exact) mass is 367 g/mol. The number of hydrogen-bond donors (Lipinski definition) is 1. The zero-order valence-corrected chi connectivity index (χ0v) is 15.6. The van der Waals surface area contributed by atoms with Gasteiger partial charge in [0.05, 0.1) is 11.7 Å². The normalized spacial score (nSPS) is 16.3. The van der Waals surface area contributed by atoms with Crippen molar-refractivity contribution in [3.8, 4) is 11.1 Å². The number of primary amides is 1. The summed E-state index contributed by atoms with van der Waals surface area (Å²) in [4.78, 5) is 30.2. The van der Waals surface area contributed by atoms with Crippen LogP contribution in [0.25, 0.3) is 11.1 Å². The Bertz CT molecular complexity index is 799. The van der Waals surface area contributed by atoms with Gasteiger partial charge < -0.3 is 15.4 Å². The summed E-state index contributed by atoms with van der Waals surface area (Å²) < 4.78 is 5.68. The fourth-order valence-corrected chi connectivity index (χ4v) is 3.30. The molecule has 142 valence electrons. The molecule has 2 aromatic rings. The Balaban J connectivity index is 1.75. The van der Waals surface area contributed by atoms with Crippen molar-refractivity contribution in [3.05, 3.63) is 53.9 Å². The van der Waals surface area contributed by atoms with Gasteiger partial charge in [0.1, 0.15) is 0 Å². The summed E-state index contributed by atoms with van der Waals surface area (Å²) in [6.07, 6.45) is 6.23. The predicted molar refractivity (Wildman–Crippen MR) is 103 cm³/mol. The molecule has 0 saturated carbocycles. The second-order valence-corrected chi connectivity index (χ2v) is 6.79. The molecule has 1 unspecified atom stereocenters. The average molecular weight is 367 g/mol. The van der Waals surface area contributed by atoms with Crippen molar-refractivity contribution in [3.63, 3.8) is 0 Å². The molecule has 3 rings (SSSR count). The van der Waals surface area contributed by atoms with Crippen molar-refractivity contribution in [1.29, 1.82) is 0 Å². The quantitative estimate of drug-likeness (QED) is 0.815. The van der Waals surface area contributed by atoms with E-state index in [4.69, 9.17) is 10.5 Å². The Morgan fingerprint density at radius 1 is 1.19 bits per heavy atom. The van der Waals surface area contributed by atoms with Crippen molar-refractivity contribution < 1.29 is 14.3 Å². The predicted octanol–water partition coefficient (Wildman–Crippen LogP) is 2.88. The molecule has 6 heteroatoms. The van der Waals surface area contributed by atoms with Crippen molar-refractivity contribution in [2.24, 2.45) is 5.73 Å². The molecule has 0 bridgehead atoms. The number of nitrogens with zero attached hydrogens (tertiary/aromatic N) is 2. The number of aromatic nitrogens is 1. The Morgan fingerprint density at radius 3 is 2.59 bits per heavy atom. The van der Waals surface area contributed by atoms with E-state index in [1.807, 2.05) is 29.2 Å². The van der Waals surface area contributed by atoms with Gasteiger partial charge in [-0.15, -0.1) is 0 Å². The van der Waals surface area contributed by atoms with Crippen LogP contribution in [0.1, 0.15) is 46.9 Å². The number of carbonyl (C=O) groups excluding carboxylic acids is 2. The van der Waals surface area contributed by atoms with Gasteiger partial charge in [-0.1, -0.05) is 19.1 Å². The molecule has 1 saturated heterocycles. The summed E-state index contributed by atoms with van der Waals surface area (Å²) in [5, 5.41) is 0. The highest BCUT2D eigenvalue weighted by Crippen LogP contribution is 2.21. The first-order valence-corrected chi connectivity index (χ1v) is 9.34. The van der Waals surface area contributed by atoms with E-state index in [-0.39, 0.29) is 12.0 Å². The molecule has 27 heavy (non-hydrogen) atoms. The molecule has 2 N–H and O–H groups in total. The van der Waals surface area contributed by atoms with E-state index < -0.39 is 5.91 Å². The Kier molecular flexibility index (Phi) is 6.19. The third-order valence-electron chi connectivity index (χ3n) is 4.72. The van der Waals surface area contributed by atoms with Gasteiger partial charge in [-0.2, -0.15) is 0 Å². The number of amides is 2. The molecule has 0 aliphatic carbocycles. The Hall–Kier alpha value is -2.73. The summed E-state index contributed by atoms with van der Waals surface area (Å²) >= 11 is 0. The molecule has 0 radical (unpaired) electrons. The van der Waals surface area contributed by atoms with Crippen LogP contribution in [0.15, 0.2) is 42.7 Å². The van der Waals surface area contributed by atoms with Gasteiger partial charge in [0.2, 0.25) is 5.91 Å². The lowest BCUT2D eigenvalue weighted by Crippen LogP contribution is -2.37. The highest BCUT2D eigenvalue weighted by molar-refractivity contribution is 5.95. The standard InChI is InChI=1S/C21H25N3O3/c1-2-9-24(14-19-4-3-10-27-19)21(26)16-7-5-15(6-8-16)17-11-18(20(22)25)13-23-12-17/h5-8,11-13,19H,2-4,9-10,14H2,1H3,(H2,22,25). The molecular formula is C21H25N3O3. The average Bonchev–Trinajstić information content (AvgIpc) is 3.20. The molecule has 1 aliphatic heterocycles. The topological polar surface area (TPSA) is 85.5 Å². The Labute approximate surface area is 159 Å². The number of hydrogen-bond acceptors (Lipinski definition) is 4. The van der Waals surface area contributed by atoms with Crippen LogP contribution in [0.2, 0.25) is 0 Å². The highest BCUT2D eigenvalue weighted by atomic mass is 16.5. The zero-order valence-electron chi connectivity index (χ0n) is 15.6. The SMILES string of the molecule is CCCN(CC1CCCO1)C(=O)c1ccc(-c2cncc(C(N)=O)c2)cc1. The molecule has 1 aromatic heterocycles. The van der Waals surface area contributed by atoms with Gasteiger partial charge >= 0.3 is 0 Å². The fourth-order valence-electron chi connectivity index (χ4n) is 3.30. The first-order valence-electron chi connectivity index (χ1n) is 9.34. The van der Waals surface area contributed by atoms with E-state index in [0.29, 0.717) is 24.2 Å². The maximum Gasteiger partial charge on any atom is 0.253 e. The van der Waals surface area contributed by atoms with Gasteiger partial charge in [-0.05, 0) is 43.0 Å². The van der Waals surface area contributed by atoms with Crippen LogP contribution in [-0.2, 0) is 4.74 Å². The van der Waals surface area contributed by atoms with Gasteiger partial charge in [0.25, 0.3) is 5.91 Å². The van der Waals surface area contributed by atoms with Gasteiger partial charge in [-0.3, -0.25) is 14.6 Å². The summed E-state index contributed by atoms with van der Waals surface area (Å²) in [5.41, 5.74) is 7.98. The van der Waals surface area contributed by atoms with Crippen LogP contribution in [0.5, 0.6) is 0 Å². The highest BCUT2D eigenvalue weighted by Gasteiger charge is 2.23. The summed E-state index contributed by atoms with van der Waals surface area (Å²) in [7, 11) is 0. The molecule has 2 heterocycles. The van der Waals surface area contributed by atoms with Crippen molar-refractivity contribution >= 4 is 11.8 Å². The molecule has 1 fully saturated rings. The van der Waals surface area contributed by atoms with Crippen LogP contribution in [-0.4, -0.2) is 47.5 Å². The summed E-state index contributed by atoms with van der Waals surface area (Å²) in [6.45, 7) is 4.20. The van der Waals surface area contributed by atoms with Gasteiger partial charge in [-0.25, -0.2) is 0 Å². The van der Waals surface area contributed by atoms with Crippen LogP contribution in [0, 0.1) is 0 Å². The number of rotatable bonds is 7. The van der Waals surface area contributed by atoms with Crippen molar-refractivity contribution in [2.75, 3.05) is 19.7 Å². The third kappa shape index (κ3) is 4.71. The second kappa shape index (κ2) is 8.77. The summed E-state index contributed by atoms with van der Waals surface area (Å²) in [5.74, 6) is -0.497. The van der Waals surface area contributed by atoms with Crippen LogP contribution >= 0.6 is 0 Å². The number of pyridine rings is 1. The minimum atomic E-state index is -0.513. The maximum absolute atomic E-state index is 12.9. The number of benzene rings is 1. The number of nitrogens with two attached hydrogens (primary N) is 1. The van der Waals surface area contributed by atoms with Crippen molar-refractivity contribution in [2.45, 2.75) is 32.3 Å². The van der Waals surface area contributed by atoms with Gasteiger partial charge in [0, 0.05) is 43.2 Å². The molecule has 1 atom stereocenters. The first-order chi connectivity index (χ1) is 13.1. The lowest BCUT2D eigenvalue weighted by Gasteiger charge is -2.25. The molecule has 2 amide bonds. The molecule has 6 nitrogen and oxygen atoms in total. The smallest absolute Gasteiger partial charge is 0.253 e. The van der Waals surface area contributed by atoms with E-state index in [1.54, 1.807) is 12.3 Å². The fraction of sp³-hybridized carbons (Fsp3) is 0.381. The first kappa shape index (κ1) is 19.0. The van der Waals surface area contributed by atoms with E-state index in [1.165, 1.54) is 6.20 Å². The number of ether oxygens (including phenoxy) is 1. The van der Waals surface area contributed by atoms with E-state index in [2.05, 4.69) is 11.9 Å². The van der Waals surface area contributed by atoms with Gasteiger partial charge in [0.15, 0.2) is 0 Å². The third-order valence-corrected chi connectivity index (χ3v) is 4.72. The van der Waals surface area contributed by atoms with Crippen LogP contribution in [0.4, 0.5) is 0 Å². The minimum absolute atomic E-state index is 0.0166. The van der Waals surface area contributed by atoms with Crippen LogP contribution < -0.4 is 5.73 Å². The lowest BCUT2D eigenvalue weighted by atomic mass is 10.0. The minimum Gasteiger partial charge on any atom is -0.376 e. The Morgan fingerprint density at radius 2 is 1.96 bits per heavy atom. The molecule has 1 aromatic carbocycles. The van der Waals surface area contributed by atoms with Crippen LogP contribution in [0.3, 0.4) is 0 Å². The van der Waals surface area contributed by atoms with E-state index in [9.17, 15) is 9.59 Å². The zero-order chi connectivity index (χ0) is 19.2.